The summed E-state index contributed by atoms with van der Waals surface area (Å²) in [7, 11) is -12.2. The van der Waals surface area contributed by atoms with Gasteiger partial charge in [0.15, 0.2) is 17.5 Å². The lowest BCUT2D eigenvalue weighted by molar-refractivity contribution is -0.0480. The molecule has 0 aliphatic carbocycles. The largest absolute Gasteiger partial charge is 0.396 e. The summed E-state index contributed by atoms with van der Waals surface area (Å²) >= 11 is 11.5. The van der Waals surface area contributed by atoms with Crippen LogP contribution in [0.4, 0.5) is 39.0 Å². The summed E-state index contributed by atoms with van der Waals surface area (Å²) in [6, 6.07) is 16.4. The molecule has 95 heavy (non-hydrogen) atoms. The number of anilines is 3. The number of amides is 3. The van der Waals surface area contributed by atoms with Crippen LogP contribution in [0.25, 0.3) is 33.1 Å². The van der Waals surface area contributed by atoms with Crippen LogP contribution in [-0.2, 0) is 30.1 Å². The van der Waals surface area contributed by atoms with Crippen molar-refractivity contribution in [3.05, 3.63) is 160 Å². The van der Waals surface area contributed by atoms with Gasteiger partial charge in [0.1, 0.15) is 42.9 Å². The van der Waals surface area contributed by atoms with E-state index in [9.17, 15) is 87.1 Å². The Morgan fingerprint density at radius 3 is 1.28 bits per heavy atom. The van der Waals surface area contributed by atoms with E-state index in [1.807, 2.05) is 0 Å². The third-order valence-electron chi connectivity index (χ3n) is 16.0. The summed E-state index contributed by atoms with van der Waals surface area (Å²) in [6.45, 7) is -0.508. The zero-order valence-corrected chi connectivity index (χ0v) is 53.2. The van der Waals surface area contributed by atoms with Crippen LogP contribution < -0.4 is 16.0 Å². The van der Waals surface area contributed by atoms with Gasteiger partial charge in [0.25, 0.3) is 17.7 Å². The van der Waals surface area contributed by atoms with Crippen molar-refractivity contribution in [1.29, 1.82) is 0 Å². The standard InChI is InChI=1S/2C20H20ClFN4O5S.C19H17F3N4O4S/c21-14-9-13(1-2-15(14)22)25-19(28)12-7-16-18(24-11-23-16)17(8-12)32(30,31)26-5-3-20(29,10-27)4-6-26;21-14-7-13(1-2-15(14)22)25-20(29)12-5-16-19(24-10-23-16)18(6-12)32(30,31)26-4-3-11(9-27)17(28)8-26;20-13-7-11(8-14(21)17(13)22)25-19(28)10-5-15-18(24-9-23-15)16(6-10)31(29,30)26-3-1-12(27)2-4-26/h1-2,7-9,11,27,29H,3-6,10H2,(H,23,24)(H,25,28);1-2,5-7,10-11,17,27-28H,3-4,8-9H2,(H,23,24)(H,25,29);5-9,12,27H,1-4H2,(H,23,24)(H,25,28). The summed E-state index contributed by atoms with van der Waals surface area (Å²) in [5, 5.41) is 55.7. The van der Waals surface area contributed by atoms with Crippen molar-refractivity contribution < 1.29 is 87.1 Å². The van der Waals surface area contributed by atoms with E-state index in [1.54, 1.807) is 0 Å². The lowest BCUT2D eigenvalue weighted by Crippen LogP contribution is -2.48. The normalized spacial score (nSPS) is 17.6. The molecule has 6 aromatic carbocycles. The van der Waals surface area contributed by atoms with Crippen molar-refractivity contribution in [3.8, 4) is 0 Å². The first-order valence-electron chi connectivity index (χ1n) is 28.7. The number of nitrogens with one attached hydrogen (secondary N) is 6. The number of benzene rings is 6. The van der Waals surface area contributed by atoms with Gasteiger partial charge in [0.2, 0.25) is 30.1 Å². The zero-order chi connectivity index (χ0) is 68.5. The van der Waals surface area contributed by atoms with E-state index in [1.165, 1.54) is 82.2 Å². The van der Waals surface area contributed by atoms with Gasteiger partial charge in [-0.15, -0.1) is 0 Å². The van der Waals surface area contributed by atoms with Crippen LogP contribution in [0.15, 0.2) is 119 Å². The number of aliphatic hydroxyl groups excluding tert-OH is 4. The van der Waals surface area contributed by atoms with Crippen LogP contribution in [0, 0.1) is 35.0 Å². The minimum absolute atomic E-state index is 0.00973. The maximum atomic E-state index is 13.4. The SMILES string of the molecule is O=C(Nc1cc(F)c(F)c(F)c1)c1cc(S(=O)(=O)N2CCC(O)CC2)c2nc[nH]c2c1.O=C(Nc1ccc(F)c(Cl)c1)c1cc(S(=O)(=O)N2CCC(CO)C(O)C2)c2nc[nH]c2c1.O=C(Nc1ccc(F)c(Cl)c1)c1cc(S(=O)(=O)N2CCC(O)(CO)CC2)c2nc[nH]c2c1. The van der Waals surface area contributed by atoms with Crippen molar-refractivity contribution in [1.82, 2.24) is 42.8 Å². The van der Waals surface area contributed by atoms with E-state index in [0.717, 1.165) is 22.5 Å². The lowest BCUT2D eigenvalue weighted by Gasteiger charge is -2.36. The molecule has 6 heterocycles. The maximum absolute atomic E-state index is 13.4. The first kappa shape index (κ1) is 69.7. The molecular weight excluding hydrogens is 1360 g/mol. The van der Waals surface area contributed by atoms with Crippen LogP contribution in [0.5, 0.6) is 0 Å². The number of H-pyrrole nitrogens is 3. The number of aromatic amines is 3. The quantitative estimate of drug-likeness (QED) is 0.0410. The molecule has 26 nitrogen and oxygen atoms in total. The number of aliphatic hydroxyl groups is 5. The van der Waals surface area contributed by atoms with E-state index >= 15 is 0 Å². The molecule has 0 spiro atoms. The van der Waals surface area contributed by atoms with Crippen LogP contribution >= 0.6 is 23.2 Å². The summed E-state index contributed by atoms with van der Waals surface area (Å²) in [5.41, 5.74) is 0.206. The molecule has 12 rings (SSSR count). The lowest BCUT2D eigenvalue weighted by atomic mass is 9.94. The van der Waals surface area contributed by atoms with Gasteiger partial charge in [-0.25, -0.2) is 62.2 Å². The van der Waals surface area contributed by atoms with E-state index in [4.69, 9.17) is 23.2 Å². The Hall–Kier alpha value is -8.10. The van der Waals surface area contributed by atoms with Gasteiger partial charge < -0.3 is 56.4 Å². The van der Waals surface area contributed by atoms with E-state index < -0.39 is 107 Å². The number of aromatic nitrogens is 6. The number of carbonyl (C=O) groups excluding carboxylic acids is 3. The summed E-state index contributed by atoms with van der Waals surface area (Å²) in [4.78, 5) is 58.3. The number of hydrogen-bond acceptors (Lipinski definition) is 17. The highest BCUT2D eigenvalue weighted by Gasteiger charge is 2.39. The Kier molecular flexibility index (Phi) is 20.8. The predicted octanol–water partition coefficient (Wildman–Crippen LogP) is 6.47. The second-order valence-electron chi connectivity index (χ2n) is 22.3. The summed E-state index contributed by atoms with van der Waals surface area (Å²) in [5.74, 6) is -8.38. The van der Waals surface area contributed by atoms with Gasteiger partial charge in [-0.3, -0.25) is 14.4 Å². The summed E-state index contributed by atoms with van der Waals surface area (Å²) in [6.07, 6.45) is 3.36. The number of β-amino-alcohol motifs (C(OH)–C–C–N with tert-alkyl or cyclic N) is 1. The Balaban J connectivity index is 0.000000155. The Morgan fingerprint density at radius 1 is 0.526 bits per heavy atom. The number of piperidine rings is 3. The number of sulfonamides is 3. The van der Waals surface area contributed by atoms with Gasteiger partial charge in [-0.05, 0) is 105 Å². The molecular formula is C59H57Cl2F5N12O14S3. The molecule has 3 aliphatic rings. The fourth-order valence-electron chi connectivity index (χ4n) is 10.6. The van der Waals surface area contributed by atoms with E-state index in [-0.39, 0.29) is 152 Å². The van der Waals surface area contributed by atoms with Gasteiger partial charge in [-0.2, -0.15) is 12.9 Å². The van der Waals surface area contributed by atoms with Gasteiger partial charge in [0.05, 0.1) is 70.0 Å². The van der Waals surface area contributed by atoms with Gasteiger partial charge in [-0.1, -0.05) is 23.2 Å². The molecule has 9 aromatic rings. The zero-order valence-electron chi connectivity index (χ0n) is 49.2. The van der Waals surface area contributed by atoms with E-state index in [0.29, 0.717) is 29.6 Å². The molecule has 36 heteroatoms. The highest BCUT2D eigenvalue weighted by molar-refractivity contribution is 7.90. The van der Waals surface area contributed by atoms with Crippen LogP contribution in [0.1, 0.15) is 63.2 Å². The number of fused-ring (bicyclic) bond motifs is 3. The fraction of sp³-hybridized carbons (Fsp3) is 0.288. The van der Waals surface area contributed by atoms with Crippen molar-refractivity contribution in [3.63, 3.8) is 0 Å². The molecule has 2 atom stereocenters. The van der Waals surface area contributed by atoms with Crippen molar-refractivity contribution in [2.75, 3.05) is 68.4 Å². The number of nitrogens with zero attached hydrogens (tertiary/aromatic N) is 6. The Bertz CT molecular complexity index is 4760. The van der Waals surface area contributed by atoms with Crippen molar-refractivity contribution in [2.45, 2.75) is 64.6 Å². The topological polar surface area (TPSA) is 387 Å². The monoisotopic (exact) mass is 1420 g/mol. The molecule has 11 N–H and O–H groups in total. The molecule has 0 radical (unpaired) electrons. The minimum Gasteiger partial charge on any atom is -0.396 e. The van der Waals surface area contributed by atoms with Crippen LogP contribution in [-0.4, -0.2) is 182 Å². The molecule has 2 unspecified atom stereocenters. The number of carbonyl (C=O) groups is 3. The summed E-state index contributed by atoms with van der Waals surface area (Å²) < 4.78 is 150. The Labute approximate surface area is 546 Å². The smallest absolute Gasteiger partial charge is 0.255 e. The molecule has 3 fully saturated rings. The van der Waals surface area contributed by atoms with Crippen molar-refractivity contribution >= 4 is 121 Å². The second kappa shape index (κ2) is 28.3. The molecule has 0 bridgehead atoms. The molecule has 3 aliphatic heterocycles. The first-order valence-corrected chi connectivity index (χ1v) is 33.8. The number of rotatable bonds is 14. The average molecular weight is 1420 g/mol. The van der Waals surface area contributed by atoms with Crippen LogP contribution in [0.3, 0.4) is 0 Å². The number of halogens is 7. The molecule has 0 saturated carbocycles. The van der Waals surface area contributed by atoms with Crippen molar-refractivity contribution in [2.24, 2.45) is 5.92 Å². The third kappa shape index (κ3) is 15.1. The molecule has 3 saturated heterocycles. The molecule has 3 aromatic heterocycles. The molecule has 504 valence electrons. The average Bonchev–Trinajstić information content (AvgIpc) is 1.77. The maximum Gasteiger partial charge on any atom is 0.255 e. The fourth-order valence-corrected chi connectivity index (χ4v) is 15.9. The van der Waals surface area contributed by atoms with Gasteiger partial charge >= 0.3 is 0 Å². The third-order valence-corrected chi connectivity index (χ3v) is 22.3. The van der Waals surface area contributed by atoms with Gasteiger partial charge in [0, 0.05) is 97.7 Å². The van der Waals surface area contributed by atoms with E-state index in [2.05, 4.69) is 45.9 Å². The Morgan fingerprint density at radius 2 is 0.905 bits per heavy atom. The number of imidazole rings is 3. The molecule has 3 amide bonds. The highest BCUT2D eigenvalue weighted by atomic mass is 35.5. The highest BCUT2D eigenvalue weighted by Crippen LogP contribution is 2.34. The second-order valence-corrected chi connectivity index (χ2v) is 28.8. The predicted molar refractivity (Wildman–Crippen MR) is 335 cm³/mol. The van der Waals surface area contributed by atoms with Crippen LogP contribution in [0.2, 0.25) is 10.0 Å². The first-order chi connectivity index (χ1) is 45.0. The minimum atomic E-state index is -4.11. The number of hydrogen-bond donors (Lipinski definition) is 11.